The quantitative estimate of drug-likeness (QED) is 0.358. The fourth-order valence-electron chi connectivity index (χ4n) is 2.55. The highest BCUT2D eigenvalue weighted by Gasteiger charge is 2.19. The molecule has 3 aromatic rings. The Bertz CT molecular complexity index is 1170. The molecule has 0 aromatic heterocycles. The molecule has 0 aliphatic heterocycles. The smallest absolute Gasteiger partial charge is 0.211 e. The molecule has 2 N–H and O–H groups in total. The highest BCUT2D eigenvalue weighted by Crippen LogP contribution is 2.33. The van der Waals surface area contributed by atoms with Crippen LogP contribution in [0.5, 0.6) is 0 Å². The second kappa shape index (κ2) is 8.30. The van der Waals surface area contributed by atoms with Gasteiger partial charge in [0.15, 0.2) is 21.3 Å². The second-order valence-electron chi connectivity index (χ2n) is 5.92. The van der Waals surface area contributed by atoms with Crippen LogP contribution >= 0.6 is 22.6 Å². The number of rotatable bonds is 5. The van der Waals surface area contributed by atoms with Gasteiger partial charge in [0.1, 0.15) is 5.69 Å². The summed E-state index contributed by atoms with van der Waals surface area (Å²) in [6, 6.07) is 15.5. The number of nitrogens with one attached hydrogen (secondary N) is 2. The minimum absolute atomic E-state index is 0.0194. The molecule has 28 heavy (non-hydrogen) atoms. The van der Waals surface area contributed by atoms with Crippen molar-refractivity contribution in [2.24, 2.45) is 0 Å². The highest BCUT2D eigenvalue weighted by molar-refractivity contribution is 14.1. The zero-order chi connectivity index (χ0) is 20.3. The van der Waals surface area contributed by atoms with Crippen molar-refractivity contribution in [1.82, 2.24) is 0 Å². The van der Waals surface area contributed by atoms with Crippen LogP contribution in [0.1, 0.15) is 5.56 Å². The molecule has 0 saturated heterocycles. The number of carbonyl (C=O) groups excluding carboxylic acids is 1. The summed E-state index contributed by atoms with van der Waals surface area (Å²) in [6.45, 7) is 1.82. The van der Waals surface area contributed by atoms with E-state index in [4.69, 9.17) is 0 Å². The fraction of sp³-hybridized carbons (Fsp3) is 0.0500. The minimum atomic E-state index is -3.51. The Morgan fingerprint density at radius 1 is 1.00 bits per heavy atom. The zero-order valence-electron chi connectivity index (χ0n) is 14.6. The summed E-state index contributed by atoms with van der Waals surface area (Å²) in [7, 11) is -3.51. The molecule has 144 valence electrons. The molecule has 0 amide bonds. The number of aryl methyl sites for hydroxylation is 1. The number of benzene rings is 3. The Balaban J connectivity index is 2.08. The number of hydrogen-bond acceptors (Lipinski definition) is 3. The first-order valence-corrected chi connectivity index (χ1v) is 10.7. The number of anilines is 3. The van der Waals surface area contributed by atoms with Crippen molar-refractivity contribution in [2.75, 3.05) is 10.0 Å². The molecular weight excluding hydrogens is 497 g/mol. The van der Waals surface area contributed by atoms with Gasteiger partial charge in [-0.05, 0) is 77.5 Å². The van der Waals surface area contributed by atoms with E-state index in [-0.39, 0.29) is 16.3 Å². The van der Waals surface area contributed by atoms with E-state index in [2.05, 4.69) is 32.6 Å². The lowest BCUT2D eigenvalue weighted by Crippen LogP contribution is -2.15. The van der Waals surface area contributed by atoms with E-state index < -0.39 is 21.3 Å². The molecule has 3 rings (SSSR count). The van der Waals surface area contributed by atoms with Crippen molar-refractivity contribution in [3.8, 4) is 0 Å². The molecule has 0 saturated carbocycles. The number of hydrogen-bond donors (Lipinski definition) is 2. The van der Waals surface area contributed by atoms with Gasteiger partial charge >= 0.3 is 0 Å². The van der Waals surface area contributed by atoms with E-state index in [9.17, 15) is 17.8 Å². The van der Waals surface area contributed by atoms with Crippen molar-refractivity contribution < 1.29 is 17.8 Å². The Morgan fingerprint density at radius 2 is 1.68 bits per heavy atom. The van der Waals surface area contributed by atoms with Crippen LogP contribution < -0.4 is 10.0 Å². The fourth-order valence-corrected chi connectivity index (χ4v) is 4.48. The van der Waals surface area contributed by atoms with E-state index in [1.165, 1.54) is 23.4 Å². The largest absolute Gasteiger partial charge is 0.351 e. The van der Waals surface area contributed by atoms with Crippen LogP contribution in [0, 0.1) is 22.1 Å². The summed E-state index contributed by atoms with van der Waals surface area (Å²) in [4.78, 5) is 11.7. The van der Waals surface area contributed by atoms with Crippen molar-refractivity contribution >= 4 is 54.6 Å². The monoisotopic (exact) mass is 512 g/mol. The zero-order valence-corrected chi connectivity index (χ0v) is 17.6. The maximum atomic E-state index is 14.6. The SMILES string of the molecule is Cc1cc(I)ccc1Nc1c(NS(=O)(=C=O)c2ccccc2)ccc(F)c1F. The Morgan fingerprint density at radius 3 is 2.32 bits per heavy atom. The Labute approximate surface area is 175 Å². The molecule has 0 aliphatic rings. The molecule has 0 heterocycles. The van der Waals surface area contributed by atoms with Gasteiger partial charge in [-0.2, -0.15) is 0 Å². The van der Waals surface area contributed by atoms with Gasteiger partial charge in [-0.15, -0.1) is 0 Å². The first-order valence-electron chi connectivity index (χ1n) is 8.11. The summed E-state index contributed by atoms with van der Waals surface area (Å²) in [5.74, 6) is -2.22. The highest BCUT2D eigenvalue weighted by atomic mass is 127. The summed E-state index contributed by atoms with van der Waals surface area (Å²) in [5.41, 5.74) is 1.10. The van der Waals surface area contributed by atoms with E-state index in [1.54, 1.807) is 24.3 Å². The molecule has 1 unspecified atom stereocenters. The second-order valence-corrected chi connectivity index (χ2v) is 9.12. The van der Waals surface area contributed by atoms with Crippen LogP contribution in [-0.2, 0) is 14.5 Å². The van der Waals surface area contributed by atoms with E-state index >= 15 is 0 Å². The molecule has 0 spiro atoms. The molecule has 0 bridgehead atoms. The normalized spacial score (nSPS) is 12.7. The molecule has 3 aromatic carbocycles. The van der Waals surface area contributed by atoms with E-state index in [0.717, 1.165) is 15.2 Å². The summed E-state index contributed by atoms with van der Waals surface area (Å²) >= 11 is 2.15. The molecule has 0 radical (unpaired) electrons. The third kappa shape index (κ3) is 4.19. The van der Waals surface area contributed by atoms with Crippen molar-refractivity contribution in [3.63, 3.8) is 0 Å². The minimum Gasteiger partial charge on any atom is -0.351 e. The summed E-state index contributed by atoms with van der Waals surface area (Å²) < 4.78 is 45.0. The third-order valence-corrected chi connectivity index (χ3v) is 6.34. The Kier molecular flexibility index (Phi) is 6.02. The molecule has 0 fully saturated rings. The maximum Gasteiger partial charge on any atom is 0.211 e. The average Bonchev–Trinajstić information content (AvgIpc) is 2.69. The molecule has 8 heteroatoms. The van der Waals surface area contributed by atoms with E-state index in [0.29, 0.717) is 5.69 Å². The van der Waals surface area contributed by atoms with Crippen LogP contribution in [-0.4, -0.2) is 9.44 Å². The lowest BCUT2D eigenvalue weighted by atomic mass is 10.2. The van der Waals surface area contributed by atoms with Gasteiger partial charge in [0.25, 0.3) is 0 Å². The lowest BCUT2D eigenvalue weighted by molar-refractivity contribution is 0.512. The summed E-state index contributed by atoms with van der Waals surface area (Å²) in [5, 5.41) is 4.35. The van der Waals surface area contributed by atoms with E-state index in [1.807, 2.05) is 19.1 Å². The van der Waals surface area contributed by atoms with Gasteiger partial charge in [-0.25, -0.2) is 17.8 Å². The van der Waals surface area contributed by atoms with Gasteiger partial charge in [0, 0.05) is 9.26 Å². The maximum absolute atomic E-state index is 14.6. The molecule has 1 atom stereocenters. The van der Waals surface area contributed by atoms with Crippen LogP contribution in [0.2, 0.25) is 0 Å². The Hall–Kier alpha value is -2.42. The summed E-state index contributed by atoms with van der Waals surface area (Å²) in [6.07, 6.45) is 0. The average molecular weight is 512 g/mol. The predicted molar refractivity (Wildman–Crippen MR) is 116 cm³/mol. The van der Waals surface area contributed by atoms with Gasteiger partial charge < -0.3 is 5.32 Å². The van der Waals surface area contributed by atoms with Gasteiger partial charge in [0.2, 0.25) is 5.23 Å². The van der Waals surface area contributed by atoms with Crippen LogP contribution in [0.25, 0.3) is 0 Å². The molecular formula is C20H15F2IN2O2S. The third-order valence-electron chi connectivity index (χ3n) is 3.99. The first kappa shape index (κ1) is 20.3. The molecule has 4 nitrogen and oxygen atoms in total. The first-order chi connectivity index (χ1) is 13.3. The molecule has 0 aliphatic carbocycles. The lowest BCUT2D eigenvalue weighted by Gasteiger charge is -2.18. The van der Waals surface area contributed by atoms with Crippen LogP contribution in [0.15, 0.2) is 65.6 Å². The van der Waals surface area contributed by atoms with Gasteiger partial charge in [-0.3, -0.25) is 4.72 Å². The predicted octanol–water partition coefficient (Wildman–Crippen LogP) is 5.36. The number of halogens is 3. The van der Waals surface area contributed by atoms with Crippen molar-refractivity contribution in [2.45, 2.75) is 11.8 Å². The van der Waals surface area contributed by atoms with Gasteiger partial charge in [-0.1, -0.05) is 18.2 Å². The van der Waals surface area contributed by atoms with Crippen molar-refractivity contribution in [1.29, 1.82) is 0 Å². The standard InChI is InChI=1S/C20H15F2IN2O2S/c1-13-11-14(23)7-9-17(13)24-20-18(10-8-16(21)19(20)22)25-28(27,12-26)15-5-3-2-4-6-15/h2-11,24H,1H3,(H,25,27). The van der Waals surface area contributed by atoms with Crippen LogP contribution in [0.3, 0.4) is 0 Å². The van der Waals surface area contributed by atoms with Crippen LogP contribution in [0.4, 0.5) is 25.8 Å². The van der Waals surface area contributed by atoms with Gasteiger partial charge in [0.05, 0.1) is 10.6 Å². The topological polar surface area (TPSA) is 58.2 Å². The van der Waals surface area contributed by atoms with Crippen molar-refractivity contribution in [3.05, 3.63) is 81.4 Å².